The number of aromatic nitrogens is 4. The van der Waals surface area contributed by atoms with Crippen LogP contribution in [-0.4, -0.2) is 75.2 Å². The maximum atomic E-state index is 14.0. The van der Waals surface area contributed by atoms with Crippen LogP contribution in [0.2, 0.25) is 0 Å². The van der Waals surface area contributed by atoms with Crippen LogP contribution in [0.15, 0.2) is 47.5 Å². The molecule has 4 heterocycles. The Balaban J connectivity index is 0.947. The summed E-state index contributed by atoms with van der Waals surface area (Å²) in [6, 6.07) is 10.6. The van der Waals surface area contributed by atoms with E-state index in [-0.39, 0.29) is 29.3 Å². The highest BCUT2D eigenvalue weighted by atomic mass is 16.2. The lowest BCUT2D eigenvalue weighted by molar-refractivity contribution is -0.430. The molecule has 284 valence electrons. The van der Waals surface area contributed by atoms with Crippen LogP contribution in [0.3, 0.4) is 0 Å². The summed E-state index contributed by atoms with van der Waals surface area (Å²) in [6.07, 6.45) is 11.2. The summed E-state index contributed by atoms with van der Waals surface area (Å²) in [5, 5.41) is 11.7. The molecule has 3 N–H and O–H groups in total. The average Bonchev–Trinajstić information content (AvgIpc) is 3.53. The number of nitrogens with one attached hydrogen (secondary N) is 3. The van der Waals surface area contributed by atoms with Gasteiger partial charge in [0.05, 0.1) is 23.8 Å². The first-order valence-corrected chi connectivity index (χ1v) is 20.3. The van der Waals surface area contributed by atoms with Crippen LogP contribution in [0.4, 0.5) is 5.82 Å². The van der Waals surface area contributed by atoms with Crippen molar-refractivity contribution in [3.8, 4) is 11.1 Å². The van der Waals surface area contributed by atoms with Crippen molar-refractivity contribution in [3.63, 3.8) is 0 Å². The Labute approximate surface area is 317 Å². The molecular formula is C43H54N8O3. The zero-order chi connectivity index (χ0) is 37.4. The predicted molar refractivity (Wildman–Crippen MR) is 210 cm³/mol. The molecule has 3 aromatic heterocycles. The van der Waals surface area contributed by atoms with Gasteiger partial charge in [-0.2, -0.15) is 5.10 Å². The summed E-state index contributed by atoms with van der Waals surface area (Å²) in [5.74, 6) is 3.50. The number of carbonyl (C=O) groups excluding carboxylic acids is 2. The summed E-state index contributed by atoms with van der Waals surface area (Å²) < 4.78 is 1.89. The Morgan fingerprint density at radius 1 is 0.981 bits per heavy atom. The van der Waals surface area contributed by atoms with Crippen molar-refractivity contribution in [2.45, 2.75) is 91.8 Å². The van der Waals surface area contributed by atoms with E-state index in [1.54, 1.807) is 6.20 Å². The second kappa shape index (κ2) is 13.4. The van der Waals surface area contributed by atoms with Gasteiger partial charge >= 0.3 is 0 Å². The first-order valence-electron chi connectivity index (χ1n) is 20.3. The van der Waals surface area contributed by atoms with Crippen molar-refractivity contribution < 1.29 is 9.59 Å². The average molecular weight is 731 g/mol. The van der Waals surface area contributed by atoms with E-state index in [1.165, 1.54) is 25.7 Å². The summed E-state index contributed by atoms with van der Waals surface area (Å²) >= 11 is 0. The van der Waals surface area contributed by atoms with Gasteiger partial charge < -0.3 is 20.5 Å². The first-order chi connectivity index (χ1) is 26.1. The molecule has 4 saturated carbocycles. The summed E-state index contributed by atoms with van der Waals surface area (Å²) in [4.78, 5) is 52.9. The summed E-state index contributed by atoms with van der Waals surface area (Å²) in [6.45, 7) is 13.4. The number of hydrogen-bond donors (Lipinski definition) is 3. The monoisotopic (exact) mass is 730 g/mol. The third kappa shape index (κ3) is 5.51. The van der Waals surface area contributed by atoms with E-state index >= 15 is 0 Å². The lowest BCUT2D eigenvalue weighted by Crippen LogP contribution is -2.85. The van der Waals surface area contributed by atoms with Crippen molar-refractivity contribution in [1.82, 2.24) is 35.3 Å². The molecule has 2 atom stereocenters. The highest BCUT2D eigenvalue weighted by Crippen LogP contribution is 2.93. The molecular weight excluding hydrogens is 677 g/mol. The van der Waals surface area contributed by atoms with Crippen LogP contribution in [0.1, 0.15) is 86.5 Å². The number of amides is 2. The summed E-state index contributed by atoms with van der Waals surface area (Å²) in [7, 11) is 0. The Kier molecular flexibility index (Phi) is 8.71. The molecule has 4 aliphatic carbocycles. The van der Waals surface area contributed by atoms with Gasteiger partial charge in [-0.05, 0) is 123 Å². The third-order valence-corrected chi connectivity index (χ3v) is 14.3. The molecule has 1 saturated heterocycles. The van der Waals surface area contributed by atoms with Gasteiger partial charge in [0.15, 0.2) is 0 Å². The molecule has 1 aliphatic heterocycles. The number of carbonyl (C=O) groups is 2. The molecule has 5 fully saturated rings. The molecule has 1 spiro atoms. The lowest BCUT2D eigenvalue weighted by Gasteiger charge is -2.91. The van der Waals surface area contributed by atoms with E-state index < -0.39 is 0 Å². The number of rotatable bonds is 13. The fourth-order valence-corrected chi connectivity index (χ4v) is 11.8. The van der Waals surface area contributed by atoms with E-state index in [0.29, 0.717) is 42.1 Å². The van der Waals surface area contributed by atoms with Crippen LogP contribution in [0.5, 0.6) is 0 Å². The topological polar surface area (TPSA) is 128 Å². The number of anilines is 1. The van der Waals surface area contributed by atoms with Gasteiger partial charge in [0.2, 0.25) is 5.91 Å². The van der Waals surface area contributed by atoms with Gasteiger partial charge in [-0.15, -0.1) is 0 Å². The SMILES string of the molecule is CCCc1cc(C)[nH]c(=O)c1CNC(=O)c1cc(-c2ccc(N3CCN(C(C)C)CC3)nc2)cc2c1cnn2CCNC(=O)CC12CC3CC4CC(C1)C432. The highest BCUT2D eigenvalue weighted by molar-refractivity contribution is 6.08. The molecule has 2 amide bonds. The Bertz CT molecular complexity index is 2140. The number of hydrogen-bond acceptors (Lipinski definition) is 7. The van der Waals surface area contributed by atoms with Gasteiger partial charge in [0, 0.05) is 80.1 Å². The highest BCUT2D eigenvalue weighted by Gasteiger charge is 2.87. The fraction of sp³-hybridized carbons (Fsp3) is 0.558. The number of nitrogens with zero attached hydrogens (tertiary/aromatic N) is 5. The standard InChI is InChI=1S/C43H54N8O3/c1-5-6-28-15-27(4)48-41(54)35(28)24-46-40(53)34-16-30(29-7-8-38(45-23-29)50-13-11-49(12-14-50)26(2)3)17-37-36(34)25-47-51(37)10-9-44-39(52)22-42-20-32-18-31-19-33(21-42)43(31,32)42/h7-8,15-17,23,25-26,31-33H,5-6,9-14,18-22,24H2,1-4H3,(H,44,52)(H,46,53)(H,48,54). The number of aryl methyl sites for hydroxylation is 2. The van der Waals surface area contributed by atoms with Gasteiger partial charge in [0.1, 0.15) is 5.82 Å². The number of aromatic amines is 1. The zero-order valence-electron chi connectivity index (χ0n) is 32.2. The quantitative estimate of drug-likeness (QED) is 0.167. The smallest absolute Gasteiger partial charge is 0.253 e. The Hall–Kier alpha value is -4.51. The number of fused-ring (bicyclic) bond motifs is 1. The number of piperazine rings is 1. The lowest BCUT2D eigenvalue weighted by atomic mass is 9.13. The second-order valence-corrected chi connectivity index (χ2v) is 17.3. The second-order valence-electron chi connectivity index (χ2n) is 17.3. The van der Waals surface area contributed by atoms with Crippen molar-refractivity contribution in [3.05, 3.63) is 75.5 Å². The normalized spacial score (nSPS) is 26.6. The van der Waals surface area contributed by atoms with Crippen molar-refractivity contribution >= 4 is 28.5 Å². The maximum Gasteiger partial charge on any atom is 0.253 e. The summed E-state index contributed by atoms with van der Waals surface area (Å²) in [5.41, 5.74) is 6.06. The fourth-order valence-electron chi connectivity index (χ4n) is 11.8. The van der Waals surface area contributed by atoms with Crippen LogP contribution in [0.25, 0.3) is 22.0 Å². The maximum absolute atomic E-state index is 14.0. The minimum Gasteiger partial charge on any atom is -0.354 e. The van der Waals surface area contributed by atoms with Crippen LogP contribution < -0.4 is 21.1 Å². The number of H-pyrrole nitrogens is 1. The van der Waals surface area contributed by atoms with E-state index in [9.17, 15) is 14.4 Å². The van der Waals surface area contributed by atoms with Gasteiger partial charge in [-0.25, -0.2) is 4.98 Å². The molecule has 0 radical (unpaired) electrons. The van der Waals surface area contributed by atoms with E-state index in [2.05, 4.69) is 64.4 Å². The van der Waals surface area contributed by atoms with E-state index in [0.717, 1.165) is 95.9 Å². The van der Waals surface area contributed by atoms with Crippen molar-refractivity contribution in [2.24, 2.45) is 28.6 Å². The van der Waals surface area contributed by atoms with Gasteiger partial charge in [-0.3, -0.25) is 24.0 Å². The van der Waals surface area contributed by atoms with Crippen LogP contribution >= 0.6 is 0 Å². The number of benzene rings is 1. The third-order valence-electron chi connectivity index (χ3n) is 14.3. The largest absolute Gasteiger partial charge is 0.354 e. The minimum atomic E-state index is -0.272. The molecule has 9 rings (SSSR count). The molecule has 5 aliphatic rings. The molecule has 2 unspecified atom stereocenters. The van der Waals surface area contributed by atoms with Crippen LogP contribution in [0, 0.1) is 35.5 Å². The minimum absolute atomic E-state index is 0.126. The molecule has 54 heavy (non-hydrogen) atoms. The molecule has 11 nitrogen and oxygen atoms in total. The van der Waals surface area contributed by atoms with Crippen molar-refractivity contribution in [1.29, 1.82) is 0 Å². The predicted octanol–water partition coefficient (Wildman–Crippen LogP) is 5.45. The van der Waals surface area contributed by atoms with Gasteiger partial charge in [0.25, 0.3) is 11.5 Å². The Morgan fingerprint density at radius 2 is 1.76 bits per heavy atom. The van der Waals surface area contributed by atoms with E-state index in [1.807, 2.05) is 29.9 Å². The van der Waals surface area contributed by atoms with E-state index in [4.69, 9.17) is 10.1 Å². The Morgan fingerprint density at radius 3 is 2.43 bits per heavy atom. The molecule has 0 bridgehead atoms. The first kappa shape index (κ1) is 35.2. The number of pyridine rings is 2. The molecule has 11 heteroatoms. The van der Waals surface area contributed by atoms with Crippen molar-refractivity contribution in [2.75, 3.05) is 37.6 Å². The van der Waals surface area contributed by atoms with Crippen LogP contribution in [-0.2, 0) is 24.3 Å². The zero-order valence-corrected chi connectivity index (χ0v) is 32.2. The molecule has 4 aromatic rings. The molecule has 1 aromatic carbocycles. The van der Waals surface area contributed by atoms with Gasteiger partial charge in [-0.1, -0.05) is 13.3 Å².